The van der Waals surface area contributed by atoms with Crippen LogP contribution in [0, 0.1) is 0 Å². The van der Waals surface area contributed by atoms with Gasteiger partial charge in [0.25, 0.3) is 5.91 Å². The van der Waals surface area contributed by atoms with E-state index in [1.54, 1.807) is 22.4 Å². The lowest BCUT2D eigenvalue weighted by atomic mass is 10.2. The first-order chi connectivity index (χ1) is 19.5. The molecule has 5 rings (SSSR count). The van der Waals surface area contributed by atoms with Crippen molar-refractivity contribution in [3.63, 3.8) is 0 Å². The number of amides is 2. The highest BCUT2D eigenvalue weighted by atomic mass is 35.5. The van der Waals surface area contributed by atoms with Crippen LogP contribution in [0.2, 0.25) is 5.02 Å². The number of aromatic nitrogens is 3. The molecule has 0 aromatic carbocycles. The van der Waals surface area contributed by atoms with Crippen molar-refractivity contribution in [3.8, 4) is 10.6 Å². The van der Waals surface area contributed by atoms with Crippen LogP contribution >= 0.6 is 34.3 Å². The third-order valence-electron chi connectivity index (χ3n) is 7.21. The van der Waals surface area contributed by atoms with Gasteiger partial charge in [-0.15, -0.1) is 11.3 Å². The lowest BCUT2D eigenvalue weighted by Gasteiger charge is -2.40. The van der Waals surface area contributed by atoms with Crippen molar-refractivity contribution >= 4 is 57.2 Å². The van der Waals surface area contributed by atoms with Crippen molar-refractivity contribution in [1.29, 1.82) is 0 Å². The van der Waals surface area contributed by atoms with Crippen LogP contribution in [0.25, 0.3) is 10.6 Å². The van der Waals surface area contributed by atoms with E-state index in [1.165, 1.54) is 30.4 Å². The molecule has 2 aliphatic heterocycles. The molecule has 3 aromatic rings. The summed E-state index contributed by atoms with van der Waals surface area (Å²) in [5.74, 6) is 0.295. The van der Waals surface area contributed by atoms with E-state index in [-0.39, 0.29) is 23.7 Å². The molecule has 2 aliphatic rings. The molecule has 10 nitrogen and oxygen atoms in total. The fraction of sp³-hybridized carbons (Fsp3) is 0.536. The average Bonchev–Trinajstić information content (AvgIpc) is 3.63. The van der Waals surface area contributed by atoms with Gasteiger partial charge in [0, 0.05) is 48.5 Å². The Labute approximate surface area is 253 Å². The van der Waals surface area contributed by atoms with E-state index in [2.05, 4.69) is 32.0 Å². The highest BCUT2D eigenvalue weighted by Crippen LogP contribution is 2.38. The summed E-state index contributed by atoms with van der Waals surface area (Å²) in [6, 6.07) is 2.38. The third kappa shape index (κ3) is 7.17. The van der Waals surface area contributed by atoms with Crippen LogP contribution in [0.4, 0.5) is 15.7 Å². The van der Waals surface area contributed by atoms with Crippen molar-refractivity contribution < 1.29 is 14.3 Å². The molecule has 2 saturated heterocycles. The van der Waals surface area contributed by atoms with Crippen molar-refractivity contribution in [2.75, 3.05) is 36.4 Å². The lowest BCUT2D eigenvalue weighted by molar-refractivity contribution is 0.0158. The van der Waals surface area contributed by atoms with E-state index < -0.39 is 5.60 Å². The Morgan fingerprint density at radius 2 is 1.95 bits per heavy atom. The molecule has 220 valence electrons. The highest BCUT2D eigenvalue weighted by molar-refractivity contribution is 7.17. The maximum atomic E-state index is 13.1. The predicted molar refractivity (Wildman–Crippen MR) is 164 cm³/mol. The van der Waals surface area contributed by atoms with Gasteiger partial charge in [0.05, 0.1) is 28.0 Å². The molecule has 0 bridgehead atoms. The average molecular weight is 618 g/mol. The highest BCUT2D eigenvalue weighted by Gasteiger charge is 2.31. The number of hydrogen-bond acceptors (Lipinski definition) is 10. The minimum absolute atomic E-state index is 0.0570. The number of hydrogen-bond donors (Lipinski definition) is 1. The van der Waals surface area contributed by atoms with Crippen molar-refractivity contribution in [2.45, 2.75) is 71.7 Å². The standard InChI is InChI=1S/C28H36ClN7O3S2/c1-17-7-6-8-34(17)15-22-24(21-11-19(29)16-40-21)32-26(41-22)33-25(37)20-12-31-23(13-30-20)35-9-10-36(18(2)14-35)27(38)39-28(3,4)5/h11-13,16-18H,6-10,14-15H2,1-5H3,(H,32,33,37)/t17-,18+/m1/s1. The Hall–Kier alpha value is -2.80. The fourth-order valence-corrected chi connectivity index (χ4v) is 7.23. The van der Waals surface area contributed by atoms with Gasteiger partial charge in [0.15, 0.2) is 5.13 Å². The normalized spacial score (nSPS) is 20.0. The SMILES string of the molecule is C[C@@H]1CCCN1Cc1sc(NC(=O)c2cnc(N3CCN(C(=O)OC(C)(C)C)[C@@H](C)C3)cn2)nc1-c1cc(Cl)cs1. The van der Waals surface area contributed by atoms with Crippen LogP contribution < -0.4 is 10.2 Å². The van der Waals surface area contributed by atoms with Crippen LogP contribution in [0.15, 0.2) is 23.8 Å². The molecular formula is C28H36ClN7O3S2. The Bertz CT molecular complexity index is 1390. The topological polar surface area (TPSA) is 104 Å². The van der Waals surface area contributed by atoms with E-state index >= 15 is 0 Å². The first-order valence-corrected chi connectivity index (χ1v) is 15.9. The summed E-state index contributed by atoms with van der Waals surface area (Å²) >= 11 is 9.25. The first-order valence-electron chi connectivity index (χ1n) is 13.8. The number of thiophene rings is 1. The van der Waals surface area contributed by atoms with Crippen molar-refractivity contribution in [2.24, 2.45) is 0 Å². The van der Waals surface area contributed by atoms with Gasteiger partial charge in [-0.1, -0.05) is 22.9 Å². The van der Waals surface area contributed by atoms with Gasteiger partial charge >= 0.3 is 6.09 Å². The van der Waals surface area contributed by atoms with Crippen LogP contribution in [0.3, 0.4) is 0 Å². The Kier molecular flexibility index (Phi) is 8.84. The second kappa shape index (κ2) is 12.2. The zero-order valence-electron chi connectivity index (χ0n) is 24.0. The van der Waals surface area contributed by atoms with E-state index in [9.17, 15) is 9.59 Å². The number of carbonyl (C=O) groups excluding carboxylic acids is 2. The molecule has 13 heteroatoms. The van der Waals surface area contributed by atoms with Gasteiger partial charge in [-0.3, -0.25) is 15.0 Å². The number of nitrogens with zero attached hydrogens (tertiary/aromatic N) is 6. The number of thiazole rings is 1. The molecule has 0 aliphatic carbocycles. The molecule has 2 atom stereocenters. The number of piperazine rings is 1. The first kappa shape index (κ1) is 29.7. The van der Waals surface area contributed by atoms with Crippen LogP contribution in [0.1, 0.15) is 62.8 Å². The Balaban J connectivity index is 1.24. The number of carbonyl (C=O) groups is 2. The molecule has 3 aromatic heterocycles. The summed E-state index contributed by atoms with van der Waals surface area (Å²) < 4.78 is 5.54. The molecule has 0 radical (unpaired) electrons. The Morgan fingerprint density at radius 3 is 2.56 bits per heavy atom. The maximum Gasteiger partial charge on any atom is 0.410 e. The largest absolute Gasteiger partial charge is 0.444 e. The summed E-state index contributed by atoms with van der Waals surface area (Å²) in [4.78, 5) is 47.7. The second-order valence-electron chi connectivity index (χ2n) is 11.6. The van der Waals surface area contributed by atoms with Crippen molar-refractivity contribution in [3.05, 3.63) is 39.4 Å². The summed E-state index contributed by atoms with van der Waals surface area (Å²) in [5, 5.41) is 6.02. The molecular weight excluding hydrogens is 582 g/mol. The minimum Gasteiger partial charge on any atom is -0.444 e. The van der Waals surface area contributed by atoms with Gasteiger partial charge in [0.2, 0.25) is 0 Å². The fourth-order valence-electron chi connectivity index (χ4n) is 5.07. The zero-order chi connectivity index (χ0) is 29.3. The summed E-state index contributed by atoms with van der Waals surface area (Å²) in [6.45, 7) is 13.4. The number of anilines is 2. The van der Waals surface area contributed by atoms with Crippen molar-refractivity contribution in [1.82, 2.24) is 24.8 Å². The molecule has 41 heavy (non-hydrogen) atoms. The number of rotatable bonds is 6. The summed E-state index contributed by atoms with van der Waals surface area (Å²) in [5.41, 5.74) is 0.532. The maximum absolute atomic E-state index is 13.1. The van der Waals surface area contributed by atoms with E-state index in [0.717, 1.165) is 28.5 Å². The lowest BCUT2D eigenvalue weighted by Crippen LogP contribution is -2.55. The molecule has 0 saturated carbocycles. The quantitative estimate of drug-likeness (QED) is 0.359. The third-order valence-corrected chi connectivity index (χ3v) is 9.45. The molecule has 2 amide bonds. The van der Waals surface area contributed by atoms with E-state index in [0.29, 0.717) is 41.6 Å². The van der Waals surface area contributed by atoms with Crippen LogP contribution in [0.5, 0.6) is 0 Å². The number of nitrogens with one attached hydrogen (secondary N) is 1. The molecule has 1 N–H and O–H groups in total. The number of likely N-dealkylation sites (tertiary alicyclic amines) is 1. The van der Waals surface area contributed by atoms with Gasteiger partial charge in [-0.2, -0.15) is 0 Å². The predicted octanol–water partition coefficient (Wildman–Crippen LogP) is 6.00. The molecule has 0 spiro atoms. The Morgan fingerprint density at radius 1 is 1.15 bits per heavy atom. The van der Waals surface area contributed by atoms with Gasteiger partial charge in [0.1, 0.15) is 17.1 Å². The van der Waals surface area contributed by atoms with Gasteiger partial charge in [-0.05, 0) is 60.1 Å². The van der Waals surface area contributed by atoms with Crippen LogP contribution in [-0.2, 0) is 11.3 Å². The van der Waals surface area contributed by atoms with E-state index in [1.807, 2.05) is 39.1 Å². The van der Waals surface area contributed by atoms with Gasteiger partial charge in [-0.25, -0.2) is 19.7 Å². The van der Waals surface area contributed by atoms with Gasteiger partial charge < -0.3 is 14.5 Å². The van der Waals surface area contributed by atoms with E-state index in [4.69, 9.17) is 21.3 Å². The monoisotopic (exact) mass is 617 g/mol. The summed E-state index contributed by atoms with van der Waals surface area (Å²) in [6.07, 6.45) is 5.15. The molecule has 5 heterocycles. The molecule has 0 unspecified atom stereocenters. The minimum atomic E-state index is -0.540. The second-order valence-corrected chi connectivity index (χ2v) is 14.0. The zero-order valence-corrected chi connectivity index (χ0v) is 26.4. The smallest absolute Gasteiger partial charge is 0.410 e. The molecule has 2 fully saturated rings. The number of halogens is 1. The van der Waals surface area contributed by atoms with Crippen LogP contribution in [-0.4, -0.2) is 80.6 Å². The summed E-state index contributed by atoms with van der Waals surface area (Å²) in [7, 11) is 0. The number of ether oxygens (including phenoxy) is 1.